The number of hydrogen-bond acceptors (Lipinski definition) is 3. The lowest BCUT2D eigenvalue weighted by Crippen LogP contribution is -2.13. The minimum atomic E-state index is 0.899. The third kappa shape index (κ3) is 4.37. The standard InChI is InChI=1S/C16H20N2S/c1-3-10-17-11-14-8-9-16(18-12-14)19-15-7-5-4-6-13(15)2/h4-9,12,17H,3,10-11H2,1-2H3. The molecule has 1 heterocycles. The average molecular weight is 272 g/mol. The van der Waals surface area contributed by atoms with E-state index >= 15 is 0 Å². The highest BCUT2D eigenvalue weighted by molar-refractivity contribution is 7.99. The molecule has 3 heteroatoms. The molecule has 0 aliphatic carbocycles. The van der Waals surface area contributed by atoms with E-state index in [9.17, 15) is 0 Å². The number of benzene rings is 1. The van der Waals surface area contributed by atoms with E-state index in [2.05, 4.69) is 60.5 Å². The van der Waals surface area contributed by atoms with Gasteiger partial charge >= 0.3 is 0 Å². The van der Waals surface area contributed by atoms with Gasteiger partial charge < -0.3 is 5.32 Å². The van der Waals surface area contributed by atoms with Crippen LogP contribution in [-0.4, -0.2) is 11.5 Å². The van der Waals surface area contributed by atoms with Gasteiger partial charge in [0.1, 0.15) is 5.03 Å². The Bertz CT molecular complexity index is 508. The van der Waals surface area contributed by atoms with Crippen molar-refractivity contribution in [3.05, 3.63) is 53.7 Å². The Morgan fingerprint density at radius 3 is 2.68 bits per heavy atom. The number of hydrogen-bond donors (Lipinski definition) is 1. The van der Waals surface area contributed by atoms with E-state index in [-0.39, 0.29) is 0 Å². The second-order valence-corrected chi connectivity index (χ2v) is 5.61. The lowest BCUT2D eigenvalue weighted by molar-refractivity contribution is 0.673. The van der Waals surface area contributed by atoms with Crippen LogP contribution in [0.5, 0.6) is 0 Å². The van der Waals surface area contributed by atoms with Crippen molar-refractivity contribution in [2.75, 3.05) is 6.54 Å². The first-order valence-electron chi connectivity index (χ1n) is 6.68. The molecule has 0 fully saturated rings. The Kier molecular flexibility index (Phi) is 5.43. The molecule has 0 spiro atoms. The van der Waals surface area contributed by atoms with Gasteiger partial charge in [0.15, 0.2) is 0 Å². The summed E-state index contributed by atoms with van der Waals surface area (Å²) >= 11 is 1.72. The van der Waals surface area contributed by atoms with Crippen molar-refractivity contribution in [1.82, 2.24) is 10.3 Å². The van der Waals surface area contributed by atoms with E-state index in [1.54, 1.807) is 11.8 Å². The van der Waals surface area contributed by atoms with Crippen LogP contribution in [0.1, 0.15) is 24.5 Å². The Balaban J connectivity index is 1.97. The van der Waals surface area contributed by atoms with Crippen LogP contribution in [-0.2, 0) is 6.54 Å². The number of aryl methyl sites for hydroxylation is 1. The van der Waals surface area contributed by atoms with Crippen LogP contribution in [0.4, 0.5) is 0 Å². The molecule has 0 saturated carbocycles. The van der Waals surface area contributed by atoms with E-state index in [0.29, 0.717) is 0 Å². The van der Waals surface area contributed by atoms with E-state index < -0.39 is 0 Å². The van der Waals surface area contributed by atoms with E-state index in [4.69, 9.17) is 0 Å². The molecule has 1 N–H and O–H groups in total. The summed E-state index contributed by atoms with van der Waals surface area (Å²) in [5, 5.41) is 4.43. The van der Waals surface area contributed by atoms with Gasteiger partial charge in [0.25, 0.3) is 0 Å². The normalized spacial score (nSPS) is 10.6. The van der Waals surface area contributed by atoms with Gasteiger partial charge in [-0.25, -0.2) is 4.98 Å². The number of nitrogens with zero attached hydrogens (tertiary/aromatic N) is 1. The lowest BCUT2D eigenvalue weighted by Gasteiger charge is -2.06. The molecule has 0 aliphatic heterocycles. The Morgan fingerprint density at radius 2 is 2.00 bits per heavy atom. The molecule has 0 aliphatic rings. The predicted molar refractivity (Wildman–Crippen MR) is 81.5 cm³/mol. The van der Waals surface area contributed by atoms with Crippen LogP contribution in [0.15, 0.2) is 52.5 Å². The van der Waals surface area contributed by atoms with E-state index in [0.717, 1.165) is 24.5 Å². The van der Waals surface area contributed by atoms with E-state index in [1.807, 2.05) is 6.20 Å². The molecule has 0 saturated heterocycles. The maximum absolute atomic E-state index is 4.52. The molecule has 0 atom stereocenters. The summed E-state index contributed by atoms with van der Waals surface area (Å²) in [6.45, 7) is 6.26. The summed E-state index contributed by atoms with van der Waals surface area (Å²) in [4.78, 5) is 5.79. The highest BCUT2D eigenvalue weighted by atomic mass is 32.2. The second-order valence-electron chi connectivity index (χ2n) is 4.55. The second kappa shape index (κ2) is 7.31. The van der Waals surface area contributed by atoms with Crippen LogP contribution in [0.25, 0.3) is 0 Å². The molecule has 2 rings (SSSR count). The third-order valence-electron chi connectivity index (χ3n) is 2.86. The Hall–Kier alpha value is -1.32. The van der Waals surface area contributed by atoms with Gasteiger partial charge in [-0.05, 0) is 43.1 Å². The Morgan fingerprint density at radius 1 is 1.16 bits per heavy atom. The Labute approximate surface area is 119 Å². The van der Waals surface area contributed by atoms with Crippen molar-refractivity contribution in [3.63, 3.8) is 0 Å². The fourth-order valence-electron chi connectivity index (χ4n) is 1.77. The first-order chi connectivity index (χ1) is 9.29. The smallest absolute Gasteiger partial charge is 0.101 e. The van der Waals surface area contributed by atoms with Crippen molar-refractivity contribution in [2.45, 2.75) is 36.7 Å². The van der Waals surface area contributed by atoms with Crippen molar-refractivity contribution >= 4 is 11.8 Å². The van der Waals surface area contributed by atoms with Gasteiger partial charge in [-0.1, -0.05) is 43.0 Å². The molecule has 1 aromatic heterocycles. The minimum absolute atomic E-state index is 0.899. The molecule has 0 bridgehead atoms. The van der Waals surface area contributed by atoms with Crippen molar-refractivity contribution < 1.29 is 0 Å². The van der Waals surface area contributed by atoms with Crippen LogP contribution < -0.4 is 5.32 Å². The van der Waals surface area contributed by atoms with Crippen LogP contribution in [0, 0.1) is 6.92 Å². The van der Waals surface area contributed by atoms with Gasteiger partial charge in [-0.2, -0.15) is 0 Å². The predicted octanol–water partition coefficient (Wildman–Crippen LogP) is 4.04. The van der Waals surface area contributed by atoms with Crippen molar-refractivity contribution in [1.29, 1.82) is 0 Å². The van der Waals surface area contributed by atoms with Gasteiger partial charge in [0, 0.05) is 17.6 Å². The van der Waals surface area contributed by atoms with Gasteiger partial charge in [-0.3, -0.25) is 0 Å². The zero-order valence-electron chi connectivity index (χ0n) is 11.5. The van der Waals surface area contributed by atoms with Gasteiger partial charge in [-0.15, -0.1) is 0 Å². The summed E-state index contributed by atoms with van der Waals surface area (Å²) in [7, 11) is 0. The fraction of sp³-hybridized carbons (Fsp3) is 0.312. The quantitative estimate of drug-likeness (QED) is 0.803. The summed E-state index contributed by atoms with van der Waals surface area (Å²) in [5.74, 6) is 0. The topological polar surface area (TPSA) is 24.9 Å². The number of aromatic nitrogens is 1. The van der Waals surface area contributed by atoms with Crippen LogP contribution in [0.2, 0.25) is 0 Å². The molecular formula is C16H20N2S. The first-order valence-corrected chi connectivity index (χ1v) is 7.50. The summed E-state index contributed by atoms with van der Waals surface area (Å²) in [5.41, 5.74) is 2.53. The maximum Gasteiger partial charge on any atom is 0.101 e. The molecule has 0 radical (unpaired) electrons. The fourth-order valence-corrected chi connectivity index (χ4v) is 2.61. The van der Waals surface area contributed by atoms with Crippen LogP contribution in [0.3, 0.4) is 0 Å². The molecule has 19 heavy (non-hydrogen) atoms. The minimum Gasteiger partial charge on any atom is -0.313 e. The molecular weight excluding hydrogens is 252 g/mol. The highest BCUT2D eigenvalue weighted by Crippen LogP contribution is 2.28. The highest BCUT2D eigenvalue weighted by Gasteiger charge is 2.01. The maximum atomic E-state index is 4.52. The number of pyridine rings is 1. The molecule has 2 nitrogen and oxygen atoms in total. The SMILES string of the molecule is CCCNCc1ccc(Sc2ccccc2C)nc1. The summed E-state index contributed by atoms with van der Waals surface area (Å²) < 4.78 is 0. The molecule has 2 aromatic rings. The monoisotopic (exact) mass is 272 g/mol. The van der Waals surface area contributed by atoms with Crippen molar-refractivity contribution in [3.8, 4) is 0 Å². The zero-order chi connectivity index (χ0) is 13.5. The average Bonchev–Trinajstić information content (AvgIpc) is 2.44. The van der Waals surface area contributed by atoms with E-state index in [1.165, 1.54) is 16.0 Å². The van der Waals surface area contributed by atoms with Crippen molar-refractivity contribution in [2.24, 2.45) is 0 Å². The largest absolute Gasteiger partial charge is 0.313 e. The van der Waals surface area contributed by atoms with Gasteiger partial charge in [0.05, 0.1) is 0 Å². The number of rotatable bonds is 6. The zero-order valence-corrected chi connectivity index (χ0v) is 12.3. The molecule has 100 valence electrons. The summed E-state index contributed by atoms with van der Waals surface area (Å²) in [6, 6.07) is 12.6. The molecule has 1 aromatic carbocycles. The van der Waals surface area contributed by atoms with Gasteiger partial charge in [0.2, 0.25) is 0 Å². The van der Waals surface area contributed by atoms with Crippen LogP contribution >= 0.6 is 11.8 Å². The number of nitrogens with one attached hydrogen (secondary N) is 1. The summed E-state index contributed by atoms with van der Waals surface area (Å²) in [6.07, 6.45) is 3.12. The molecule has 0 unspecified atom stereocenters. The lowest BCUT2D eigenvalue weighted by atomic mass is 10.2. The molecule has 0 amide bonds. The third-order valence-corrected chi connectivity index (χ3v) is 3.99. The first kappa shape index (κ1) is 14.1.